The number of aromatic nitrogens is 2. The highest BCUT2D eigenvalue weighted by atomic mass is 15.3. The summed E-state index contributed by atoms with van der Waals surface area (Å²) in [6.07, 6.45) is 0. The predicted octanol–water partition coefficient (Wildman–Crippen LogP) is 2.56. The van der Waals surface area contributed by atoms with E-state index in [0.29, 0.717) is 5.69 Å². The van der Waals surface area contributed by atoms with Crippen LogP contribution in [0.1, 0.15) is 5.82 Å². The van der Waals surface area contributed by atoms with Crippen LogP contribution in [0.15, 0.2) is 53.6 Å². The van der Waals surface area contributed by atoms with E-state index < -0.39 is 0 Å². The van der Waals surface area contributed by atoms with Crippen LogP contribution in [-0.4, -0.2) is 21.1 Å². The fourth-order valence-corrected chi connectivity index (χ4v) is 2.42. The number of hydrogen-bond donors (Lipinski definition) is 3. The third-order valence-corrected chi connectivity index (χ3v) is 3.51. The van der Waals surface area contributed by atoms with Crippen molar-refractivity contribution in [3.8, 4) is 11.8 Å². The second-order valence-electron chi connectivity index (χ2n) is 5.13. The minimum atomic E-state index is -0.373. The largest absolute Gasteiger partial charge is 0.382 e. The molecular formula is C17H15N7. The van der Waals surface area contributed by atoms with E-state index in [4.69, 9.17) is 16.4 Å². The summed E-state index contributed by atoms with van der Waals surface area (Å²) in [5.74, 6) is 0.528. The minimum Gasteiger partial charge on any atom is -0.382 e. The number of nitriles is 1. The molecule has 0 amide bonds. The molecule has 4 N–H and O–H groups in total. The van der Waals surface area contributed by atoms with Crippen LogP contribution in [0, 0.1) is 23.7 Å². The highest BCUT2D eigenvalue weighted by Crippen LogP contribution is 2.22. The van der Waals surface area contributed by atoms with E-state index in [-0.39, 0.29) is 11.5 Å². The summed E-state index contributed by atoms with van der Waals surface area (Å²) in [4.78, 5) is 4.55. The summed E-state index contributed by atoms with van der Waals surface area (Å²) in [6.45, 7) is 1.96. The van der Waals surface area contributed by atoms with Crippen LogP contribution in [0.5, 0.6) is 0 Å². The number of fused-ring (bicyclic) bond motifs is 1. The monoisotopic (exact) mass is 317 g/mol. The lowest BCUT2D eigenvalue weighted by Crippen LogP contribution is -2.21. The molecule has 24 heavy (non-hydrogen) atoms. The van der Waals surface area contributed by atoms with Crippen LogP contribution in [0.3, 0.4) is 0 Å². The molecule has 0 bridgehead atoms. The van der Waals surface area contributed by atoms with Crippen molar-refractivity contribution in [3.63, 3.8) is 0 Å². The number of aryl methyl sites for hydroxylation is 1. The molecule has 3 rings (SSSR count). The Bertz CT molecular complexity index is 974. The molecule has 0 saturated carbocycles. The van der Waals surface area contributed by atoms with Gasteiger partial charge in [0.15, 0.2) is 5.84 Å². The molecular weight excluding hydrogens is 302 g/mol. The van der Waals surface area contributed by atoms with Gasteiger partial charge in [-0.05, 0) is 43.3 Å². The molecule has 0 aliphatic rings. The minimum absolute atomic E-state index is 0.157. The van der Waals surface area contributed by atoms with Gasteiger partial charge in [-0.2, -0.15) is 10.4 Å². The van der Waals surface area contributed by atoms with E-state index in [9.17, 15) is 0 Å². The molecule has 1 heterocycles. The molecule has 0 aliphatic heterocycles. The number of anilines is 1. The predicted molar refractivity (Wildman–Crippen MR) is 94.4 cm³/mol. The first-order chi connectivity index (χ1) is 11.6. The van der Waals surface area contributed by atoms with Crippen LogP contribution < -0.4 is 11.2 Å². The number of hydrazone groups is 1. The zero-order chi connectivity index (χ0) is 17.1. The standard InChI is InChI=1S/C17H15N7/c1-11-21-14-4-2-3-5-16(14)24(11)13-8-6-12(7-9-13)22-23-15(10-18)17(19)20/h2-9,22H,1H3,(H3,19,20)/b23-15+. The Morgan fingerprint density at radius 2 is 1.96 bits per heavy atom. The molecule has 0 saturated heterocycles. The number of hydrogen-bond acceptors (Lipinski definition) is 5. The van der Waals surface area contributed by atoms with Crippen molar-refractivity contribution in [1.82, 2.24) is 9.55 Å². The second-order valence-corrected chi connectivity index (χ2v) is 5.13. The fourth-order valence-electron chi connectivity index (χ4n) is 2.42. The summed E-state index contributed by atoms with van der Waals surface area (Å²) in [5.41, 5.74) is 11.5. The Hall–Kier alpha value is -3.66. The first-order valence-electron chi connectivity index (χ1n) is 7.23. The third kappa shape index (κ3) is 2.80. The van der Waals surface area contributed by atoms with Gasteiger partial charge in [-0.25, -0.2) is 4.98 Å². The van der Waals surface area contributed by atoms with Gasteiger partial charge in [-0.15, -0.1) is 0 Å². The van der Waals surface area contributed by atoms with Gasteiger partial charge in [0.05, 0.1) is 16.7 Å². The van der Waals surface area contributed by atoms with Gasteiger partial charge < -0.3 is 5.73 Å². The average Bonchev–Trinajstić information content (AvgIpc) is 2.91. The molecule has 0 atom stereocenters. The van der Waals surface area contributed by atoms with Gasteiger partial charge in [0.25, 0.3) is 0 Å². The van der Waals surface area contributed by atoms with E-state index >= 15 is 0 Å². The quantitative estimate of drug-likeness (QED) is 0.389. The zero-order valence-corrected chi connectivity index (χ0v) is 13.0. The van der Waals surface area contributed by atoms with Crippen molar-refractivity contribution in [2.24, 2.45) is 10.8 Å². The van der Waals surface area contributed by atoms with Crippen LogP contribution in [0.2, 0.25) is 0 Å². The fraction of sp³-hybridized carbons (Fsp3) is 0.0588. The van der Waals surface area contributed by atoms with Gasteiger partial charge in [-0.3, -0.25) is 15.4 Å². The molecule has 7 nitrogen and oxygen atoms in total. The Balaban J connectivity index is 1.91. The van der Waals surface area contributed by atoms with Crippen LogP contribution in [0.4, 0.5) is 5.69 Å². The van der Waals surface area contributed by atoms with Gasteiger partial charge in [0, 0.05) is 5.69 Å². The molecule has 0 fully saturated rings. The van der Waals surface area contributed by atoms with Gasteiger partial charge in [0.2, 0.25) is 5.71 Å². The smallest absolute Gasteiger partial charge is 0.201 e. The Morgan fingerprint density at radius 1 is 1.25 bits per heavy atom. The third-order valence-electron chi connectivity index (χ3n) is 3.51. The number of para-hydroxylation sites is 2. The topological polar surface area (TPSA) is 116 Å². The number of nitrogens with zero attached hydrogens (tertiary/aromatic N) is 4. The van der Waals surface area contributed by atoms with Crippen molar-refractivity contribution in [2.45, 2.75) is 6.92 Å². The van der Waals surface area contributed by atoms with Gasteiger partial charge in [-0.1, -0.05) is 12.1 Å². The maximum atomic E-state index is 8.82. The summed E-state index contributed by atoms with van der Waals surface area (Å²) in [7, 11) is 0. The summed E-state index contributed by atoms with van der Waals surface area (Å²) >= 11 is 0. The number of amidine groups is 1. The van der Waals surface area contributed by atoms with E-state index in [1.807, 2.05) is 55.5 Å². The van der Waals surface area contributed by atoms with E-state index in [1.54, 1.807) is 6.07 Å². The van der Waals surface area contributed by atoms with Crippen LogP contribution >= 0.6 is 0 Å². The van der Waals surface area contributed by atoms with Crippen molar-refractivity contribution in [1.29, 1.82) is 10.7 Å². The lowest BCUT2D eigenvalue weighted by Gasteiger charge is -2.08. The highest BCUT2D eigenvalue weighted by Gasteiger charge is 2.08. The maximum Gasteiger partial charge on any atom is 0.201 e. The molecule has 0 spiro atoms. The molecule has 0 aliphatic carbocycles. The van der Waals surface area contributed by atoms with Crippen LogP contribution in [0.25, 0.3) is 16.7 Å². The lowest BCUT2D eigenvalue weighted by atomic mass is 10.2. The molecule has 7 heteroatoms. The summed E-state index contributed by atoms with van der Waals surface area (Å²) in [5, 5.41) is 19.9. The van der Waals surface area contributed by atoms with E-state index in [2.05, 4.69) is 20.1 Å². The average molecular weight is 317 g/mol. The van der Waals surface area contributed by atoms with Gasteiger partial charge in [0.1, 0.15) is 11.9 Å². The normalized spacial score (nSPS) is 11.2. The molecule has 1 aromatic heterocycles. The first kappa shape index (κ1) is 15.2. The van der Waals surface area contributed by atoms with Crippen molar-refractivity contribution < 1.29 is 0 Å². The Labute approximate surface area is 138 Å². The second kappa shape index (κ2) is 6.22. The number of nitrogens with two attached hydrogens (primary N) is 1. The molecule has 0 radical (unpaired) electrons. The van der Waals surface area contributed by atoms with Crippen molar-refractivity contribution >= 4 is 28.3 Å². The first-order valence-corrected chi connectivity index (χ1v) is 7.23. The molecule has 0 unspecified atom stereocenters. The number of imidazole rings is 1. The molecule has 2 aromatic carbocycles. The van der Waals surface area contributed by atoms with Gasteiger partial charge >= 0.3 is 0 Å². The Morgan fingerprint density at radius 3 is 2.62 bits per heavy atom. The Kier molecular flexibility index (Phi) is 3.95. The van der Waals surface area contributed by atoms with Crippen molar-refractivity contribution in [3.05, 3.63) is 54.4 Å². The van der Waals surface area contributed by atoms with Crippen LogP contribution in [-0.2, 0) is 0 Å². The van der Waals surface area contributed by atoms with Crippen molar-refractivity contribution in [2.75, 3.05) is 5.43 Å². The maximum absolute atomic E-state index is 8.82. The number of rotatable bonds is 4. The SMILES string of the molecule is Cc1nc2ccccc2n1-c1ccc(N/N=C(\C#N)C(=N)N)cc1. The number of benzene rings is 2. The summed E-state index contributed by atoms with van der Waals surface area (Å²) < 4.78 is 2.07. The summed E-state index contributed by atoms with van der Waals surface area (Å²) in [6, 6.07) is 17.2. The van der Waals surface area contributed by atoms with E-state index in [1.165, 1.54) is 0 Å². The zero-order valence-electron chi connectivity index (χ0n) is 13.0. The van der Waals surface area contributed by atoms with E-state index in [0.717, 1.165) is 22.5 Å². The molecule has 118 valence electrons. The lowest BCUT2D eigenvalue weighted by molar-refractivity contribution is 1.00. The number of nitrogens with one attached hydrogen (secondary N) is 2. The molecule has 3 aromatic rings. The highest BCUT2D eigenvalue weighted by molar-refractivity contribution is 6.45.